The second-order valence-electron chi connectivity index (χ2n) is 3.72. The number of aliphatic carboxylic acids is 1. The van der Waals surface area contributed by atoms with Crippen molar-refractivity contribution in [1.29, 1.82) is 0 Å². The van der Waals surface area contributed by atoms with E-state index < -0.39 is 27.0 Å². The van der Waals surface area contributed by atoms with E-state index in [0.717, 1.165) is 24.3 Å². The van der Waals surface area contributed by atoms with Crippen LogP contribution in [0.15, 0.2) is 29.2 Å². The number of nitrogens with zero attached hydrogens (tertiary/aromatic N) is 1. The van der Waals surface area contributed by atoms with Gasteiger partial charge < -0.3 is 5.11 Å². The summed E-state index contributed by atoms with van der Waals surface area (Å²) in [6.07, 6.45) is 1.65. The van der Waals surface area contributed by atoms with Gasteiger partial charge in [-0.2, -0.15) is 16.5 Å². The number of carboxylic acids is 1. The van der Waals surface area contributed by atoms with Gasteiger partial charge in [-0.1, -0.05) is 0 Å². The van der Waals surface area contributed by atoms with Gasteiger partial charge in [0.15, 0.2) is 0 Å². The van der Waals surface area contributed by atoms with E-state index >= 15 is 0 Å². The zero-order valence-corrected chi connectivity index (χ0v) is 12.0. The number of nitrogens with one attached hydrogen (secondary N) is 1. The highest BCUT2D eigenvalue weighted by Crippen LogP contribution is 2.16. The molecular weight excluding hydrogens is 308 g/mol. The average molecular weight is 320 g/mol. The summed E-state index contributed by atoms with van der Waals surface area (Å²) in [5, 5.41) is 19.4. The summed E-state index contributed by atoms with van der Waals surface area (Å²) in [4.78, 5) is 20.5. The summed E-state index contributed by atoms with van der Waals surface area (Å²) in [5.41, 5.74) is -0.247. The fourth-order valence-corrected chi connectivity index (χ4v) is 3.18. The third-order valence-electron chi connectivity index (χ3n) is 2.29. The minimum Gasteiger partial charge on any atom is -0.480 e. The minimum absolute atomic E-state index is 0.0710. The number of hydrogen-bond donors (Lipinski definition) is 2. The monoisotopic (exact) mass is 320 g/mol. The van der Waals surface area contributed by atoms with Crippen LogP contribution in [0.2, 0.25) is 0 Å². The Labute approximate surface area is 119 Å². The number of hydrogen-bond acceptors (Lipinski definition) is 6. The minimum atomic E-state index is -4.04. The van der Waals surface area contributed by atoms with Gasteiger partial charge in [0.05, 0.1) is 9.82 Å². The van der Waals surface area contributed by atoms with Gasteiger partial charge in [0.25, 0.3) is 5.69 Å². The van der Waals surface area contributed by atoms with E-state index in [1.54, 1.807) is 6.26 Å². The van der Waals surface area contributed by atoms with Crippen molar-refractivity contribution in [3.8, 4) is 0 Å². The van der Waals surface area contributed by atoms with E-state index in [9.17, 15) is 23.3 Å². The fourth-order valence-electron chi connectivity index (χ4n) is 1.32. The maximum Gasteiger partial charge on any atom is 0.322 e. The lowest BCUT2D eigenvalue weighted by atomic mass is 10.3. The van der Waals surface area contributed by atoms with E-state index in [0.29, 0.717) is 0 Å². The largest absolute Gasteiger partial charge is 0.480 e. The molecule has 1 atom stereocenters. The molecule has 0 heterocycles. The highest BCUT2D eigenvalue weighted by Gasteiger charge is 2.25. The van der Waals surface area contributed by atoms with Crippen molar-refractivity contribution in [3.05, 3.63) is 34.4 Å². The molecule has 0 unspecified atom stereocenters. The molecule has 0 spiro atoms. The number of non-ortho nitro benzene ring substituents is 1. The van der Waals surface area contributed by atoms with Crippen molar-refractivity contribution in [3.63, 3.8) is 0 Å². The van der Waals surface area contributed by atoms with Crippen molar-refractivity contribution in [2.45, 2.75) is 10.9 Å². The molecule has 0 aromatic heterocycles. The Morgan fingerprint density at radius 3 is 2.40 bits per heavy atom. The van der Waals surface area contributed by atoms with Gasteiger partial charge in [0, 0.05) is 17.9 Å². The maximum atomic E-state index is 11.9. The molecule has 1 aromatic carbocycles. The van der Waals surface area contributed by atoms with Crippen molar-refractivity contribution >= 4 is 33.4 Å². The van der Waals surface area contributed by atoms with E-state index in [2.05, 4.69) is 0 Å². The molecule has 0 bridgehead atoms. The Bertz CT molecular complexity index is 599. The van der Waals surface area contributed by atoms with Crippen LogP contribution in [0.25, 0.3) is 0 Å². The zero-order valence-electron chi connectivity index (χ0n) is 10.3. The summed E-state index contributed by atoms with van der Waals surface area (Å²) < 4.78 is 25.9. The van der Waals surface area contributed by atoms with E-state index in [4.69, 9.17) is 5.11 Å². The smallest absolute Gasteiger partial charge is 0.322 e. The first-order chi connectivity index (χ1) is 9.27. The normalized spacial score (nSPS) is 12.8. The summed E-state index contributed by atoms with van der Waals surface area (Å²) >= 11 is 1.18. The lowest BCUT2D eigenvalue weighted by Crippen LogP contribution is -2.42. The zero-order chi connectivity index (χ0) is 15.3. The van der Waals surface area contributed by atoms with Crippen LogP contribution in [0.5, 0.6) is 0 Å². The van der Waals surface area contributed by atoms with Gasteiger partial charge >= 0.3 is 5.97 Å². The van der Waals surface area contributed by atoms with Crippen LogP contribution in [-0.2, 0) is 14.8 Å². The number of thioether (sulfide) groups is 1. The molecule has 0 fully saturated rings. The molecule has 10 heteroatoms. The molecule has 0 aliphatic carbocycles. The van der Waals surface area contributed by atoms with Crippen LogP contribution in [-0.4, -0.2) is 42.5 Å². The van der Waals surface area contributed by atoms with Gasteiger partial charge in [-0.15, -0.1) is 0 Å². The molecule has 0 radical (unpaired) electrons. The predicted octanol–water partition coefficient (Wildman–Crippen LogP) is 0.689. The Balaban J connectivity index is 2.98. The Hall–Kier alpha value is -1.65. The molecular formula is C10H12N2O6S2. The first-order valence-electron chi connectivity index (χ1n) is 5.26. The lowest BCUT2D eigenvalue weighted by molar-refractivity contribution is -0.384. The summed E-state index contributed by atoms with van der Waals surface area (Å²) in [6.45, 7) is 0. The van der Waals surface area contributed by atoms with Gasteiger partial charge in [-0.25, -0.2) is 8.42 Å². The predicted molar refractivity (Wildman–Crippen MR) is 73.2 cm³/mol. The maximum absolute atomic E-state index is 11.9. The van der Waals surface area contributed by atoms with Crippen molar-refractivity contribution < 1.29 is 23.2 Å². The quantitative estimate of drug-likeness (QED) is 0.559. The second kappa shape index (κ2) is 6.68. The third kappa shape index (κ3) is 4.18. The Morgan fingerprint density at radius 2 is 2.00 bits per heavy atom. The summed E-state index contributed by atoms with van der Waals surface area (Å²) in [5.74, 6) is -1.22. The van der Waals surface area contributed by atoms with Gasteiger partial charge in [-0.05, 0) is 18.4 Å². The van der Waals surface area contributed by atoms with Crippen LogP contribution in [0.3, 0.4) is 0 Å². The highest BCUT2D eigenvalue weighted by molar-refractivity contribution is 7.98. The summed E-state index contributed by atoms with van der Waals surface area (Å²) in [6, 6.07) is 2.93. The standard InChI is InChI=1S/C10H12N2O6S2/c1-19-6-9(10(13)14)11-20(17,18)8-4-2-7(3-5-8)12(15)16/h2-5,9,11H,6H2,1H3,(H,13,14)/t9-/m1/s1. The van der Waals surface area contributed by atoms with E-state index in [1.165, 1.54) is 11.8 Å². The number of sulfonamides is 1. The van der Waals surface area contributed by atoms with Crippen LogP contribution in [0.1, 0.15) is 0 Å². The van der Waals surface area contributed by atoms with Crippen LogP contribution < -0.4 is 4.72 Å². The Kier molecular flexibility index (Phi) is 5.48. The molecule has 1 rings (SSSR count). The number of carbonyl (C=O) groups is 1. The van der Waals surface area contributed by atoms with Crippen molar-refractivity contribution in [2.75, 3.05) is 12.0 Å². The number of nitro benzene ring substituents is 1. The molecule has 0 aliphatic heterocycles. The number of rotatable bonds is 7. The number of benzene rings is 1. The molecule has 0 amide bonds. The third-order valence-corrected chi connectivity index (χ3v) is 4.44. The first kappa shape index (κ1) is 16.4. The Morgan fingerprint density at radius 1 is 1.45 bits per heavy atom. The molecule has 2 N–H and O–H groups in total. The first-order valence-corrected chi connectivity index (χ1v) is 8.14. The molecule has 0 aliphatic rings. The van der Waals surface area contributed by atoms with Gasteiger partial charge in [-0.3, -0.25) is 14.9 Å². The molecule has 1 aromatic rings. The lowest BCUT2D eigenvalue weighted by Gasteiger charge is -2.13. The molecule has 8 nitrogen and oxygen atoms in total. The fraction of sp³-hybridized carbons (Fsp3) is 0.300. The van der Waals surface area contributed by atoms with Crippen molar-refractivity contribution in [2.24, 2.45) is 0 Å². The van der Waals surface area contributed by atoms with Gasteiger partial charge in [0.1, 0.15) is 6.04 Å². The van der Waals surface area contributed by atoms with Crippen molar-refractivity contribution in [1.82, 2.24) is 4.72 Å². The number of nitro groups is 1. The molecule has 0 saturated carbocycles. The second-order valence-corrected chi connectivity index (χ2v) is 6.34. The van der Waals surface area contributed by atoms with E-state index in [1.807, 2.05) is 4.72 Å². The molecule has 20 heavy (non-hydrogen) atoms. The average Bonchev–Trinajstić information content (AvgIpc) is 2.38. The number of carboxylic acid groups (broad SMARTS) is 1. The SMILES string of the molecule is CSC[C@@H](NS(=O)(=O)c1ccc([N+](=O)[O-])cc1)C(=O)O. The topological polar surface area (TPSA) is 127 Å². The van der Waals surface area contributed by atoms with Crippen LogP contribution >= 0.6 is 11.8 Å². The molecule has 0 saturated heterocycles. The van der Waals surface area contributed by atoms with Crippen LogP contribution in [0, 0.1) is 10.1 Å². The summed E-state index contributed by atoms with van der Waals surface area (Å²) in [7, 11) is -4.04. The van der Waals surface area contributed by atoms with Gasteiger partial charge in [0.2, 0.25) is 10.0 Å². The van der Waals surface area contributed by atoms with Crippen LogP contribution in [0.4, 0.5) is 5.69 Å². The van der Waals surface area contributed by atoms with E-state index in [-0.39, 0.29) is 16.3 Å². The molecule has 110 valence electrons. The highest BCUT2D eigenvalue weighted by atomic mass is 32.2.